The molecule has 2 rings (SSSR count). The standard InChI is InChI=1S/C14H13Cl2NO3S/c1-9-2-5-14(13(16)6-9)17-21(19,20)11-3-4-12(15)10(7-11)8-18/h2-7,17-18H,8H2,1H3. The quantitative estimate of drug-likeness (QED) is 0.889. The minimum absolute atomic E-state index is 0.00703. The summed E-state index contributed by atoms with van der Waals surface area (Å²) in [5.41, 5.74) is 1.56. The molecule has 7 heteroatoms. The Kier molecular flexibility index (Phi) is 4.78. The molecule has 4 nitrogen and oxygen atoms in total. The highest BCUT2D eigenvalue weighted by Crippen LogP contribution is 2.27. The van der Waals surface area contributed by atoms with Crippen molar-refractivity contribution in [3.8, 4) is 0 Å². The Balaban J connectivity index is 2.38. The molecule has 0 atom stereocenters. The van der Waals surface area contributed by atoms with Crippen molar-refractivity contribution < 1.29 is 13.5 Å². The van der Waals surface area contributed by atoms with E-state index < -0.39 is 10.0 Å². The summed E-state index contributed by atoms with van der Waals surface area (Å²) in [6.07, 6.45) is 0. The Morgan fingerprint density at radius 3 is 2.43 bits per heavy atom. The first-order chi connectivity index (χ1) is 9.83. The van der Waals surface area contributed by atoms with Gasteiger partial charge in [-0.15, -0.1) is 0 Å². The van der Waals surface area contributed by atoms with Crippen molar-refractivity contribution in [1.29, 1.82) is 0 Å². The summed E-state index contributed by atoms with van der Waals surface area (Å²) in [5.74, 6) is 0. The number of rotatable bonds is 4. The summed E-state index contributed by atoms with van der Waals surface area (Å²) in [4.78, 5) is 0.00703. The molecule has 0 saturated heterocycles. The van der Waals surface area contributed by atoms with Crippen molar-refractivity contribution in [2.75, 3.05) is 4.72 Å². The lowest BCUT2D eigenvalue weighted by Crippen LogP contribution is -2.13. The van der Waals surface area contributed by atoms with Gasteiger partial charge in [0.1, 0.15) is 0 Å². The van der Waals surface area contributed by atoms with Gasteiger partial charge in [0, 0.05) is 5.02 Å². The molecule has 0 aliphatic heterocycles. The average Bonchev–Trinajstić information content (AvgIpc) is 2.42. The van der Waals surface area contributed by atoms with Gasteiger partial charge >= 0.3 is 0 Å². The Morgan fingerprint density at radius 1 is 1.10 bits per heavy atom. The van der Waals surface area contributed by atoms with Crippen LogP contribution in [0.1, 0.15) is 11.1 Å². The van der Waals surface area contributed by atoms with Crippen LogP contribution >= 0.6 is 23.2 Å². The van der Waals surface area contributed by atoms with Gasteiger partial charge in [0.15, 0.2) is 0 Å². The molecule has 2 aromatic rings. The summed E-state index contributed by atoms with van der Waals surface area (Å²) >= 11 is 11.9. The van der Waals surface area contributed by atoms with Gasteiger partial charge in [-0.05, 0) is 48.4 Å². The lowest BCUT2D eigenvalue weighted by atomic mass is 10.2. The molecule has 0 aliphatic rings. The average molecular weight is 346 g/mol. The third kappa shape index (κ3) is 3.68. The lowest BCUT2D eigenvalue weighted by Gasteiger charge is -2.11. The van der Waals surface area contributed by atoms with E-state index in [0.717, 1.165) is 5.56 Å². The number of nitrogens with one attached hydrogen (secondary N) is 1. The topological polar surface area (TPSA) is 66.4 Å². The predicted molar refractivity (Wildman–Crippen MR) is 84.4 cm³/mol. The number of aliphatic hydroxyl groups excluding tert-OH is 1. The molecular formula is C14H13Cl2NO3S. The second-order valence-electron chi connectivity index (χ2n) is 4.50. The molecule has 0 spiro atoms. The maximum atomic E-state index is 12.3. The van der Waals surface area contributed by atoms with Gasteiger partial charge in [-0.1, -0.05) is 29.3 Å². The zero-order valence-corrected chi connectivity index (χ0v) is 13.4. The van der Waals surface area contributed by atoms with Gasteiger partial charge in [0.05, 0.1) is 22.2 Å². The highest BCUT2D eigenvalue weighted by Gasteiger charge is 2.17. The molecule has 2 aromatic carbocycles. The van der Waals surface area contributed by atoms with Crippen molar-refractivity contribution in [3.05, 3.63) is 57.6 Å². The number of aryl methyl sites for hydroxylation is 1. The van der Waals surface area contributed by atoms with Gasteiger partial charge in [-0.25, -0.2) is 8.42 Å². The van der Waals surface area contributed by atoms with Crippen LogP contribution in [0.2, 0.25) is 10.0 Å². The molecule has 0 fully saturated rings. The van der Waals surface area contributed by atoms with Crippen LogP contribution in [0.4, 0.5) is 5.69 Å². The van der Waals surface area contributed by atoms with Crippen molar-refractivity contribution in [2.45, 2.75) is 18.4 Å². The zero-order chi connectivity index (χ0) is 15.6. The number of hydrogen-bond acceptors (Lipinski definition) is 3. The first kappa shape index (κ1) is 16.1. The van der Waals surface area contributed by atoms with E-state index in [2.05, 4.69) is 4.72 Å². The van der Waals surface area contributed by atoms with Crippen LogP contribution < -0.4 is 4.72 Å². The van der Waals surface area contributed by atoms with Crippen molar-refractivity contribution >= 4 is 38.9 Å². The van der Waals surface area contributed by atoms with Gasteiger partial charge in [-0.3, -0.25) is 4.72 Å². The van der Waals surface area contributed by atoms with Gasteiger partial charge in [-0.2, -0.15) is 0 Å². The van der Waals surface area contributed by atoms with Crippen LogP contribution in [-0.2, 0) is 16.6 Å². The molecular weight excluding hydrogens is 333 g/mol. The number of aliphatic hydroxyl groups is 1. The van der Waals surface area contributed by atoms with Gasteiger partial charge in [0.2, 0.25) is 0 Å². The third-order valence-corrected chi connectivity index (χ3v) is 4.91. The number of benzene rings is 2. The lowest BCUT2D eigenvalue weighted by molar-refractivity contribution is 0.281. The van der Waals surface area contributed by atoms with Crippen molar-refractivity contribution in [1.82, 2.24) is 0 Å². The molecule has 0 aromatic heterocycles. The first-order valence-electron chi connectivity index (χ1n) is 6.02. The van der Waals surface area contributed by atoms with Crippen LogP contribution in [0.5, 0.6) is 0 Å². The van der Waals surface area contributed by atoms with Crippen molar-refractivity contribution in [3.63, 3.8) is 0 Å². The molecule has 0 aliphatic carbocycles. The Labute approximate surface area is 133 Å². The normalized spacial score (nSPS) is 11.4. The maximum absolute atomic E-state index is 12.3. The number of hydrogen-bond donors (Lipinski definition) is 2. The summed E-state index contributed by atoms with van der Waals surface area (Å²) < 4.78 is 27.1. The number of halogens is 2. The van der Waals surface area contributed by atoms with Crippen LogP contribution in [0, 0.1) is 6.92 Å². The third-order valence-electron chi connectivity index (χ3n) is 2.87. The minimum atomic E-state index is -3.80. The van der Waals surface area contributed by atoms with Crippen LogP contribution in [0.25, 0.3) is 0 Å². The van der Waals surface area contributed by atoms with Crippen LogP contribution in [-0.4, -0.2) is 13.5 Å². The highest BCUT2D eigenvalue weighted by atomic mass is 35.5. The summed E-state index contributed by atoms with van der Waals surface area (Å²) in [6, 6.07) is 9.14. The second-order valence-corrected chi connectivity index (χ2v) is 7.00. The smallest absolute Gasteiger partial charge is 0.261 e. The predicted octanol–water partition coefficient (Wildman–Crippen LogP) is 3.59. The van der Waals surface area contributed by atoms with E-state index >= 15 is 0 Å². The SMILES string of the molecule is Cc1ccc(NS(=O)(=O)c2ccc(Cl)c(CO)c2)c(Cl)c1. The van der Waals surface area contributed by atoms with Gasteiger partial charge < -0.3 is 5.11 Å². The van der Waals surface area contributed by atoms with E-state index in [4.69, 9.17) is 28.3 Å². The van der Waals surface area contributed by atoms with Crippen molar-refractivity contribution in [2.24, 2.45) is 0 Å². The summed E-state index contributed by atoms with van der Waals surface area (Å²) in [7, 11) is -3.80. The highest BCUT2D eigenvalue weighted by molar-refractivity contribution is 7.92. The minimum Gasteiger partial charge on any atom is -0.392 e. The van der Waals surface area contributed by atoms with E-state index in [9.17, 15) is 8.42 Å². The Bertz CT molecular complexity index is 776. The first-order valence-corrected chi connectivity index (χ1v) is 8.25. The molecule has 0 amide bonds. The molecule has 0 unspecified atom stereocenters. The van der Waals surface area contributed by atoms with E-state index in [-0.39, 0.29) is 11.5 Å². The molecule has 0 heterocycles. The fraction of sp³-hybridized carbons (Fsp3) is 0.143. The van der Waals surface area contributed by atoms with E-state index in [0.29, 0.717) is 21.3 Å². The van der Waals surface area contributed by atoms with Crippen LogP contribution in [0.15, 0.2) is 41.3 Å². The van der Waals surface area contributed by atoms with E-state index in [1.54, 1.807) is 18.2 Å². The largest absolute Gasteiger partial charge is 0.392 e. The summed E-state index contributed by atoms with van der Waals surface area (Å²) in [5, 5.41) is 9.78. The molecule has 21 heavy (non-hydrogen) atoms. The fourth-order valence-corrected chi connectivity index (χ4v) is 3.39. The maximum Gasteiger partial charge on any atom is 0.261 e. The molecule has 2 N–H and O–H groups in total. The molecule has 112 valence electrons. The number of anilines is 1. The zero-order valence-electron chi connectivity index (χ0n) is 11.1. The Morgan fingerprint density at radius 2 is 1.81 bits per heavy atom. The van der Waals surface area contributed by atoms with E-state index in [1.807, 2.05) is 6.92 Å². The molecule has 0 radical (unpaired) electrons. The van der Waals surface area contributed by atoms with Crippen LogP contribution in [0.3, 0.4) is 0 Å². The fourth-order valence-electron chi connectivity index (χ4n) is 1.75. The van der Waals surface area contributed by atoms with Gasteiger partial charge in [0.25, 0.3) is 10.0 Å². The summed E-state index contributed by atoms with van der Waals surface area (Å²) in [6.45, 7) is 1.52. The van der Waals surface area contributed by atoms with E-state index in [1.165, 1.54) is 18.2 Å². The molecule has 0 bridgehead atoms. The second kappa shape index (κ2) is 6.23. The number of sulfonamides is 1. The monoisotopic (exact) mass is 345 g/mol. The Hall–Kier alpha value is -1.27. The molecule has 0 saturated carbocycles.